The lowest BCUT2D eigenvalue weighted by molar-refractivity contribution is 0.214. The van der Waals surface area contributed by atoms with Gasteiger partial charge in [-0.3, -0.25) is 5.43 Å². The second kappa shape index (κ2) is 6.81. The van der Waals surface area contributed by atoms with E-state index in [-0.39, 0.29) is 0 Å². The number of piperazine rings is 1. The Hall–Kier alpha value is -1.46. The van der Waals surface area contributed by atoms with Gasteiger partial charge in [0.2, 0.25) is 0 Å². The number of likely N-dealkylation sites (N-methyl/N-ethyl adjacent to an activating group) is 1. The van der Waals surface area contributed by atoms with Crippen LogP contribution >= 0.6 is 12.2 Å². The first kappa shape index (κ1) is 14.9. The molecular formula is C15H22N4S. The molecule has 1 aliphatic heterocycles. The van der Waals surface area contributed by atoms with Crippen molar-refractivity contribution in [1.29, 1.82) is 0 Å². The molecule has 0 spiro atoms. The Bertz CT molecular complexity index is 504. The summed E-state index contributed by atoms with van der Waals surface area (Å²) in [4.78, 5) is 4.47. The number of hydrogen-bond acceptors (Lipinski definition) is 3. The summed E-state index contributed by atoms with van der Waals surface area (Å²) in [5, 5.41) is 5.11. The molecule has 0 aliphatic carbocycles. The average Bonchev–Trinajstić information content (AvgIpc) is 2.45. The minimum atomic E-state index is 0.713. The van der Waals surface area contributed by atoms with Crippen molar-refractivity contribution in [3.05, 3.63) is 35.4 Å². The highest BCUT2D eigenvalue weighted by Crippen LogP contribution is 2.05. The van der Waals surface area contributed by atoms with E-state index in [0.717, 1.165) is 37.5 Å². The van der Waals surface area contributed by atoms with Gasteiger partial charge in [0.15, 0.2) is 5.11 Å². The summed E-state index contributed by atoms with van der Waals surface area (Å²) in [6.07, 6.45) is 0. The summed E-state index contributed by atoms with van der Waals surface area (Å²) >= 11 is 5.40. The molecule has 0 bridgehead atoms. The first-order valence-electron chi connectivity index (χ1n) is 6.91. The third-order valence-corrected chi connectivity index (χ3v) is 3.90. The second-order valence-electron chi connectivity index (χ2n) is 5.27. The Morgan fingerprint density at radius 2 is 1.95 bits per heavy atom. The lowest BCUT2D eigenvalue weighted by Crippen LogP contribution is -2.49. The fourth-order valence-electron chi connectivity index (χ4n) is 2.15. The number of hydrazone groups is 1. The van der Waals surface area contributed by atoms with Crippen LogP contribution in [0.5, 0.6) is 0 Å². The molecule has 0 atom stereocenters. The van der Waals surface area contributed by atoms with Gasteiger partial charge in [-0.2, -0.15) is 5.10 Å². The van der Waals surface area contributed by atoms with Crippen molar-refractivity contribution in [2.45, 2.75) is 13.8 Å². The summed E-state index contributed by atoms with van der Waals surface area (Å²) in [7, 11) is 2.13. The van der Waals surface area contributed by atoms with Gasteiger partial charge in [-0.05, 0) is 38.7 Å². The number of aryl methyl sites for hydroxylation is 1. The van der Waals surface area contributed by atoms with Gasteiger partial charge in [0.1, 0.15) is 0 Å². The Morgan fingerprint density at radius 1 is 1.25 bits per heavy atom. The van der Waals surface area contributed by atoms with Crippen LogP contribution < -0.4 is 5.43 Å². The van der Waals surface area contributed by atoms with Gasteiger partial charge in [-0.1, -0.05) is 29.8 Å². The number of hydrogen-bond donors (Lipinski definition) is 1. The van der Waals surface area contributed by atoms with Crippen LogP contribution in [-0.2, 0) is 0 Å². The van der Waals surface area contributed by atoms with E-state index in [0.29, 0.717) is 5.11 Å². The Morgan fingerprint density at radius 3 is 2.60 bits per heavy atom. The van der Waals surface area contributed by atoms with E-state index in [1.165, 1.54) is 5.56 Å². The maximum atomic E-state index is 5.40. The molecule has 20 heavy (non-hydrogen) atoms. The van der Waals surface area contributed by atoms with Crippen LogP contribution in [0.2, 0.25) is 0 Å². The Kier molecular flexibility index (Phi) is 5.09. The third-order valence-electron chi connectivity index (χ3n) is 3.55. The zero-order valence-corrected chi connectivity index (χ0v) is 13.2. The number of thiocarbonyl (C=S) groups is 1. The molecule has 1 aromatic rings. The van der Waals surface area contributed by atoms with Crippen molar-refractivity contribution in [3.8, 4) is 0 Å². The van der Waals surface area contributed by atoms with E-state index < -0.39 is 0 Å². The number of nitrogens with one attached hydrogen (secondary N) is 1. The molecule has 5 heteroatoms. The highest BCUT2D eigenvalue weighted by molar-refractivity contribution is 7.80. The topological polar surface area (TPSA) is 30.9 Å². The SMILES string of the molecule is C/C(=N\NC(=S)N1CCN(C)CC1)c1cccc(C)c1. The maximum Gasteiger partial charge on any atom is 0.189 e. The fraction of sp³-hybridized carbons (Fsp3) is 0.467. The van der Waals surface area contributed by atoms with Crippen molar-refractivity contribution in [3.63, 3.8) is 0 Å². The molecule has 1 heterocycles. The molecule has 0 amide bonds. The zero-order valence-electron chi connectivity index (χ0n) is 12.4. The first-order valence-corrected chi connectivity index (χ1v) is 7.32. The van der Waals surface area contributed by atoms with E-state index in [9.17, 15) is 0 Å². The van der Waals surface area contributed by atoms with E-state index in [2.05, 4.69) is 52.5 Å². The minimum Gasteiger partial charge on any atom is -0.345 e. The summed E-state index contributed by atoms with van der Waals surface area (Å²) in [6, 6.07) is 8.31. The molecule has 0 unspecified atom stereocenters. The predicted molar refractivity (Wildman–Crippen MR) is 88.2 cm³/mol. The van der Waals surface area contributed by atoms with Gasteiger partial charge in [0.25, 0.3) is 0 Å². The summed E-state index contributed by atoms with van der Waals surface area (Å²) in [5.74, 6) is 0. The van der Waals surface area contributed by atoms with Crippen LogP contribution in [0.15, 0.2) is 29.4 Å². The van der Waals surface area contributed by atoms with Gasteiger partial charge in [0.05, 0.1) is 5.71 Å². The molecule has 2 rings (SSSR count). The van der Waals surface area contributed by atoms with E-state index in [1.54, 1.807) is 0 Å². The van der Waals surface area contributed by atoms with E-state index in [4.69, 9.17) is 12.2 Å². The smallest absolute Gasteiger partial charge is 0.189 e. The predicted octanol–water partition coefficient (Wildman–Crippen LogP) is 1.84. The van der Waals surface area contributed by atoms with E-state index >= 15 is 0 Å². The average molecular weight is 290 g/mol. The molecule has 1 aliphatic rings. The monoisotopic (exact) mass is 290 g/mol. The first-order chi connectivity index (χ1) is 9.56. The molecule has 0 saturated carbocycles. The lowest BCUT2D eigenvalue weighted by Gasteiger charge is -2.33. The van der Waals surface area contributed by atoms with Gasteiger partial charge < -0.3 is 9.80 Å². The molecule has 108 valence electrons. The molecule has 1 N–H and O–H groups in total. The van der Waals surface area contributed by atoms with E-state index in [1.807, 2.05) is 13.0 Å². The van der Waals surface area contributed by atoms with Crippen LogP contribution in [0.25, 0.3) is 0 Å². The number of rotatable bonds is 2. The standard InChI is InChI=1S/C15H22N4S/c1-12-5-4-6-14(11-12)13(2)16-17-15(20)19-9-7-18(3)8-10-19/h4-6,11H,7-10H2,1-3H3,(H,17,20)/b16-13+. The normalized spacial score (nSPS) is 17.1. The minimum absolute atomic E-state index is 0.713. The summed E-state index contributed by atoms with van der Waals surface area (Å²) in [5.41, 5.74) is 6.32. The molecule has 1 saturated heterocycles. The molecule has 0 radical (unpaired) electrons. The zero-order chi connectivity index (χ0) is 14.5. The largest absolute Gasteiger partial charge is 0.345 e. The molecule has 1 aromatic carbocycles. The van der Waals surface area contributed by atoms with Crippen LogP contribution in [0, 0.1) is 6.92 Å². The summed E-state index contributed by atoms with van der Waals surface area (Å²) in [6.45, 7) is 8.08. The van der Waals surface area contributed by atoms with Crippen LogP contribution in [-0.4, -0.2) is 53.9 Å². The van der Waals surface area contributed by atoms with Gasteiger partial charge in [-0.25, -0.2) is 0 Å². The molecule has 0 aromatic heterocycles. The molecule has 4 nitrogen and oxygen atoms in total. The quantitative estimate of drug-likeness (QED) is 0.511. The summed E-state index contributed by atoms with van der Waals surface area (Å²) < 4.78 is 0. The highest BCUT2D eigenvalue weighted by Gasteiger charge is 2.15. The van der Waals surface area contributed by atoms with Crippen LogP contribution in [0.1, 0.15) is 18.1 Å². The second-order valence-corrected chi connectivity index (χ2v) is 5.66. The lowest BCUT2D eigenvalue weighted by atomic mass is 10.1. The number of benzene rings is 1. The fourth-order valence-corrected chi connectivity index (χ4v) is 2.37. The van der Waals surface area contributed by atoms with Crippen LogP contribution in [0.3, 0.4) is 0 Å². The van der Waals surface area contributed by atoms with Crippen molar-refractivity contribution in [1.82, 2.24) is 15.2 Å². The third kappa shape index (κ3) is 4.02. The molecular weight excluding hydrogens is 268 g/mol. The van der Waals surface area contributed by atoms with Gasteiger partial charge in [-0.15, -0.1) is 0 Å². The van der Waals surface area contributed by atoms with Crippen molar-refractivity contribution in [2.75, 3.05) is 33.2 Å². The molecule has 1 fully saturated rings. The van der Waals surface area contributed by atoms with Crippen molar-refractivity contribution < 1.29 is 0 Å². The Labute approximate surface area is 126 Å². The highest BCUT2D eigenvalue weighted by atomic mass is 32.1. The maximum absolute atomic E-state index is 5.40. The van der Waals surface area contributed by atoms with Gasteiger partial charge >= 0.3 is 0 Å². The van der Waals surface area contributed by atoms with Crippen molar-refractivity contribution in [2.24, 2.45) is 5.10 Å². The van der Waals surface area contributed by atoms with Crippen LogP contribution in [0.4, 0.5) is 0 Å². The number of nitrogens with zero attached hydrogens (tertiary/aromatic N) is 3. The Balaban J connectivity index is 1.93. The van der Waals surface area contributed by atoms with Crippen molar-refractivity contribution >= 4 is 23.0 Å². The van der Waals surface area contributed by atoms with Gasteiger partial charge in [0, 0.05) is 26.2 Å².